The van der Waals surface area contributed by atoms with Gasteiger partial charge in [-0.3, -0.25) is 9.69 Å². The number of benzene rings is 2. The van der Waals surface area contributed by atoms with Gasteiger partial charge in [-0.15, -0.1) is 10.2 Å². The van der Waals surface area contributed by atoms with Gasteiger partial charge in [0.1, 0.15) is 12.1 Å². The number of methoxy groups -OCH3 is 1. The van der Waals surface area contributed by atoms with Crippen LogP contribution in [0.15, 0.2) is 54.9 Å². The highest BCUT2D eigenvalue weighted by Gasteiger charge is 2.40. The van der Waals surface area contributed by atoms with E-state index in [0.29, 0.717) is 28.1 Å². The van der Waals surface area contributed by atoms with Crippen molar-refractivity contribution >= 4 is 17.7 Å². The number of ether oxygens (including phenoxy) is 1. The smallest absolute Gasteiger partial charge is 0.416 e. The van der Waals surface area contributed by atoms with Gasteiger partial charge in [0.15, 0.2) is 11.5 Å². The average molecular weight is 518 g/mol. The first-order valence-corrected chi connectivity index (χ1v) is 11.1. The standard InChI is InChI=1S/C26H17F3N6O3/c1-34-13-31-33-23(34)16-7-6-14(11-30)8-18(16)15-9-21(25(37)38-2)32-22(10-15)35-12-19-17(24(35)36)4-3-5-20(19)26(27,28)29/h3-10,13H,12H2,1-2H3. The summed E-state index contributed by atoms with van der Waals surface area (Å²) in [6.07, 6.45) is -3.16. The highest BCUT2D eigenvalue weighted by atomic mass is 19.4. The van der Waals surface area contributed by atoms with E-state index in [9.17, 15) is 28.0 Å². The Morgan fingerprint density at radius 3 is 2.55 bits per heavy atom. The highest BCUT2D eigenvalue weighted by Crippen LogP contribution is 2.40. The number of anilines is 1. The molecule has 0 N–H and O–H groups in total. The van der Waals surface area contributed by atoms with Crippen molar-refractivity contribution in [1.29, 1.82) is 5.26 Å². The molecule has 0 radical (unpaired) electrons. The van der Waals surface area contributed by atoms with Gasteiger partial charge in [-0.2, -0.15) is 18.4 Å². The van der Waals surface area contributed by atoms with E-state index < -0.39 is 30.2 Å². The maximum absolute atomic E-state index is 13.6. The normalized spacial score (nSPS) is 12.8. The molecule has 0 saturated heterocycles. The number of carbonyl (C=O) groups excluding carboxylic acids is 2. The van der Waals surface area contributed by atoms with Crippen molar-refractivity contribution in [2.45, 2.75) is 12.7 Å². The fourth-order valence-electron chi connectivity index (χ4n) is 4.38. The number of alkyl halides is 3. The molecular weight excluding hydrogens is 501 g/mol. The average Bonchev–Trinajstić information content (AvgIpc) is 3.49. The summed E-state index contributed by atoms with van der Waals surface area (Å²) < 4.78 is 47.4. The van der Waals surface area contributed by atoms with Crippen LogP contribution in [0.1, 0.15) is 37.5 Å². The van der Waals surface area contributed by atoms with Crippen LogP contribution in [0.5, 0.6) is 0 Å². The van der Waals surface area contributed by atoms with Crippen molar-refractivity contribution in [3.05, 3.63) is 82.8 Å². The molecule has 38 heavy (non-hydrogen) atoms. The molecule has 0 fully saturated rings. The number of amides is 1. The quantitative estimate of drug-likeness (QED) is 0.368. The monoisotopic (exact) mass is 518 g/mol. The fraction of sp³-hybridized carbons (Fsp3) is 0.154. The molecule has 0 aliphatic carbocycles. The van der Waals surface area contributed by atoms with Gasteiger partial charge in [0.05, 0.1) is 30.9 Å². The molecule has 12 heteroatoms. The molecule has 0 bridgehead atoms. The van der Waals surface area contributed by atoms with Crippen LogP contribution in [0.25, 0.3) is 22.5 Å². The molecule has 0 spiro atoms. The number of aryl methyl sites for hydroxylation is 1. The first-order chi connectivity index (χ1) is 18.1. The Morgan fingerprint density at radius 2 is 1.89 bits per heavy atom. The second kappa shape index (κ2) is 9.11. The van der Waals surface area contributed by atoms with E-state index in [-0.39, 0.29) is 22.6 Å². The SMILES string of the molecule is COC(=O)c1cc(-c2cc(C#N)ccc2-c2nncn2C)cc(N2Cc3c(cccc3C(F)(F)F)C2=O)n1. The van der Waals surface area contributed by atoms with E-state index in [1.165, 1.54) is 30.6 Å². The van der Waals surface area contributed by atoms with E-state index in [2.05, 4.69) is 21.3 Å². The van der Waals surface area contributed by atoms with Crippen molar-refractivity contribution in [3.8, 4) is 28.6 Å². The first-order valence-electron chi connectivity index (χ1n) is 11.1. The molecule has 2 aromatic carbocycles. The molecule has 5 rings (SSSR count). The third kappa shape index (κ3) is 4.13. The van der Waals surface area contributed by atoms with Gasteiger partial charge >= 0.3 is 12.1 Å². The van der Waals surface area contributed by atoms with Gasteiger partial charge in [0.2, 0.25) is 0 Å². The lowest BCUT2D eigenvalue weighted by molar-refractivity contribution is -0.138. The summed E-state index contributed by atoms with van der Waals surface area (Å²) in [6.45, 7) is -0.394. The predicted octanol–water partition coefficient (Wildman–Crippen LogP) is 4.38. The largest absolute Gasteiger partial charge is 0.464 e. The molecule has 4 aromatic rings. The summed E-state index contributed by atoms with van der Waals surface area (Å²) in [5.74, 6) is -1.10. The summed E-state index contributed by atoms with van der Waals surface area (Å²) in [5.41, 5.74) is 0.337. The van der Waals surface area contributed by atoms with E-state index in [1.807, 2.05) is 0 Å². The van der Waals surface area contributed by atoms with Crippen molar-refractivity contribution in [1.82, 2.24) is 19.7 Å². The third-order valence-corrected chi connectivity index (χ3v) is 6.17. The van der Waals surface area contributed by atoms with E-state index in [4.69, 9.17) is 4.74 Å². The maximum atomic E-state index is 13.6. The van der Waals surface area contributed by atoms with Crippen LogP contribution in [0.3, 0.4) is 0 Å². The molecule has 3 heterocycles. The fourth-order valence-corrected chi connectivity index (χ4v) is 4.38. The second-order valence-electron chi connectivity index (χ2n) is 8.45. The number of aromatic nitrogens is 4. The predicted molar refractivity (Wildman–Crippen MR) is 128 cm³/mol. The molecule has 1 aliphatic rings. The van der Waals surface area contributed by atoms with E-state index >= 15 is 0 Å². The Hall–Kier alpha value is -5.05. The van der Waals surface area contributed by atoms with Crippen molar-refractivity contribution in [3.63, 3.8) is 0 Å². The van der Waals surface area contributed by atoms with Crippen molar-refractivity contribution in [2.75, 3.05) is 12.0 Å². The molecule has 0 saturated carbocycles. The van der Waals surface area contributed by atoms with Gasteiger partial charge in [-0.25, -0.2) is 9.78 Å². The zero-order valence-corrected chi connectivity index (χ0v) is 19.9. The zero-order valence-electron chi connectivity index (χ0n) is 19.9. The third-order valence-electron chi connectivity index (χ3n) is 6.17. The summed E-state index contributed by atoms with van der Waals surface area (Å²) >= 11 is 0. The van der Waals surface area contributed by atoms with Crippen LogP contribution < -0.4 is 4.90 Å². The molecule has 0 atom stereocenters. The number of fused-ring (bicyclic) bond motifs is 1. The minimum absolute atomic E-state index is 0.0523. The number of carbonyl (C=O) groups is 2. The lowest BCUT2D eigenvalue weighted by atomic mass is 9.96. The molecule has 0 unspecified atom stereocenters. The molecule has 9 nitrogen and oxygen atoms in total. The molecular formula is C26H17F3N6O3. The van der Waals surface area contributed by atoms with Crippen LogP contribution in [0, 0.1) is 11.3 Å². The van der Waals surface area contributed by atoms with Crippen LogP contribution in [-0.4, -0.2) is 38.7 Å². The Balaban J connectivity index is 1.70. The number of rotatable bonds is 4. The number of nitrogens with zero attached hydrogens (tertiary/aromatic N) is 6. The van der Waals surface area contributed by atoms with Crippen LogP contribution in [0.2, 0.25) is 0 Å². The number of halogens is 3. The Bertz CT molecular complexity index is 1650. The zero-order chi connectivity index (χ0) is 27.2. The number of pyridine rings is 1. The van der Waals surface area contributed by atoms with Crippen LogP contribution in [0.4, 0.5) is 19.0 Å². The summed E-state index contributed by atoms with van der Waals surface area (Å²) in [6, 6.07) is 13.2. The van der Waals surface area contributed by atoms with Gasteiger partial charge in [-0.1, -0.05) is 6.07 Å². The highest BCUT2D eigenvalue weighted by molar-refractivity contribution is 6.10. The van der Waals surface area contributed by atoms with Crippen LogP contribution >= 0.6 is 0 Å². The summed E-state index contributed by atoms with van der Waals surface area (Å²) in [7, 11) is 2.89. The van der Waals surface area contributed by atoms with E-state index in [1.54, 1.807) is 29.8 Å². The Labute approximate surface area is 213 Å². The van der Waals surface area contributed by atoms with Crippen molar-refractivity contribution < 1.29 is 27.5 Å². The van der Waals surface area contributed by atoms with Gasteiger partial charge in [0.25, 0.3) is 5.91 Å². The lowest BCUT2D eigenvalue weighted by Gasteiger charge is -2.18. The minimum Gasteiger partial charge on any atom is -0.464 e. The Kier molecular flexibility index (Phi) is 5.91. The topological polar surface area (TPSA) is 114 Å². The molecule has 1 aliphatic heterocycles. The Morgan fingerprint density at radius 1 is 1.11 bits per heavy atom. The molecule has 2 aromatic heterocycles. The number of hydrogen-bond donors (Lipinski definition) is 0. The number of nitriles is 1. The number of hydrogen-bond acceptors (Lipinski definition) is 7. The second-order valence-corrected chi connectivity index (χ2v) is 8.45. The van der Waals surface area contributed by atoms with Gasteiger partial charge in [0, 0.05) is 18.2 Å². The van der Waals surface area contributed by atoms with E-state index in [0.717, 1.165) is 18.1 Å². The molecule has 1 amide bonds. The number of esters is 1. The summed E-state index contributed by atoms with van der Waals surface area (Å²) in [5, 5.41) is 17.5. The van der Waals surface area contributed by atoms with Crippen molar-refractivity contribution in [2.24, 2.45) is 7.05 Å². The summed E-state index contributed by atoms with van der Waals surface area (Å²) in [4.78, 5) is 31.1. The first kappa shape index (κ1) is 24.6. The maximum Gasteiger partial charge on any atom is 0.416 e. The van der Waals surface area contributed by atoms with Gasteiger partial charge in [-0.05, 0) is 59.2 Å². The van der Waals surface area contributed by atoms with Crippen LogP contribution in [-0.2, 0) is 24.5 Å². The lowest BCUT2D eigenvalue weighted by Crippen LogP contribution is -2.25. The minimum atomic E-state index is -4.66. The van der Waals surface area contributed by atoms with Gasteiger partial charge < -0.3 is 9.30 Å². The molecule has 190 valence electrons.